The fraction of sp³-hybridized carbons (Fsp3) is 0.0833. The van der Waals surface area contributed by atoms with Crippen LogP contribution in [0.25, 0.3) is 6.08 Å². The first kappa shape index (κ1) is 10.8. The summed E-state index contributed by atoms with van der Waals surface area (Å²) in [5.74, 6) is -0.289. The molecule has 0 spiro atoms. The average molecular weight is 237 g/mol. The van der Waals surface area contributed by atoms with Crippen LogP contribution in [0.2, 0.25) is 0 Å². The predicted octanol–water partition coefficient (Wildman–Crippen LogP) is 2.91. The fourth-order valence-electron chi connectivity index (χ4n) is 1.42. The SMILES string of the molecule is O=C(O)c1ccc2c(c1)C=C/C(=C/Cl)CO2. The van der Waals surface area contributed by atoms with Crippen LogP contribution in [0.4, 0.5) is 0 Å². The summed E-state index contributed by atoms with van der Waals surface area (Å²) < 4.78 is 5.48. The highest BCUT2D eigenvalue weighted by Crippen LogP contribution is 2.25. The van der Waals surface area contributed by atoms with Crippen LogP contribution >= 0.6 is 11.6 Å². The van der Waals surface area contributed by atoms with Crippen LogP contribution < -0.4 is 4.74 Å². The summed E-state index contributed by atoms with van der Waals surface area (Å²) in [5.41, 5.74) is 3.27. The van der Waals surface area contributed by atoms with Crippen molar-refractivity contribution in [3.05, 3.63) is 46.5 Å². The summed E-state index contributed by atoms with van der Waals surface area (Å²) in [6.45, 7) is 0.388. The number of rotatable bonds is 1. The Morgan fingerprint density at radius 3 is 2.94 bits per heavy atom. The molecule has 0 aromatic heterocycles. The number of carboxylic acid groups (broad SMARTS) is 1. The summed E-state index contributed by atoms with van der Waals surface area (Å²) in [4.78, 5) is 10.8. The minimum absolute atomic E-state index is 0.241. The summed E-state index contributed by atoms with van der Waals surface area (Å²) in [6, 6.07) is 4.75. The molecule has 1 heterocycles. The number of carbonyl (C=O) groups is 1. The molecular weight excluding hydrogens is 228 g/mol. The Morgan fingerprint density at radius 1 is 1.44 bits per heavy atom. The van der Waals surface area contributed by atoms with Crippen molar-refractivity contribution in [3.63, 3.8) is 0 Å². The van der Waals surface area contributed by atoms with Gasteiger partial charge in [-0.25, -0.2) is 4.79 Å². The highest BCUT2D eigenvalue weighted by atomic mass is 35.5. The second-order valence-electron chi connectivity index (χ2n) is 3.36. The predicted molar refractivity (Wildman–Crippen MR) is 61.9 cm³/mol. The highest BCUT2D eigenvalue weighted by molar-refractivity contribution is 6.25. The summed E-state index contributed by atoms with van der Waals surface area (Å²) in [7, 11) is 0. The lowest BCUT2D eigenvalue weighted by molar-refractivity contribution is 0.0697. The van der Waals surface area contributed by atoms with E-state index >= 15 is 0 Å². The fourth-order valence-corrected chi connectivity index (χ4v) is 1.55. The number of hydrogen-bond donors (Lipinski definition) is 1. The van der Waals surface area contributed by atoms with Crippen molar-refractivity contribution in [2.75, 3.05) is 6.61 Å². The molecule has 0 saturated heterocycles. The second-order valence-corrected chi connectivity index (χ2v) is 3.58. The van der Waals surface area contributed by atoms with Gasteiger partial charge in [-0.2, -0.15) is 0 Å². The lowest BCUT2D eigenvalue weighted by atomic mass is 10.1. The first-order chi connectivity index (χ1) is 7.70. The van der Waals surface area contributed by atoms with Gasteiger partial charge in [0.25, 0.3) is 0 Å². The van der Waals surface area contributed by atoms with Gasteiger partial charge in [-0.05, 0) is 18.2 Å². The van der Waals surface area contributed by atoms with Gasteiger partial charge in [0.05, 0.1) is 5.56 Å². The maximum absolute atomic E-state index is 10.8. The first-order valence-electron chi connectivity index (χ1n) is 4.68. The third-order valence-electron chi connectivity index (χ3n) is 2.27. The molecule has 0 radical (unpaired) electrons. The number of halogens is 1. The molecule has 0 aliphatic carbocycles. The van der Waals surface area contributed by atoms with Crippen molar-refractivity contribution < 1.29 is 14.6 Å². The van der Waals surface area contributed by atoms with Gasteiger partial charge in [-0.15, -0.1) is 0 Å². The number of hydrogen-bond acceptors (Lipinski definition) is 2. The third-order valence-corrected chi connectivity index (χ3v) is 2.55. The molecule has 3 nitrogen and oxygen atoms in total. The molecule has 2 rings (SSSR count). The van der Waals surface area contributed by atoms with Gasteiger partial charge in [0, 0.05) is 16.7 Å². The lowest BCUT2D eigenvalue weighted by Crippen LogP contribution is -2.00. The van der Waals surface area contributed by atoms with Gasteiger partial charge in [0.2, 0.25) is 0 Å². The van der Waals surface area contributed by atoms with Gasteiger partial charge >= 0.3 is 5.97 Å². The Kier molecular flexibility index (Phi) is 2.97. The van der Waals surface area contributed by atoms with Gasteiger partial charge in [0.15, 0.2) is 0 Å². The van der Waals surface area contributed by atoms with Crippen molar-refractivity contribution in [2.45, 2.75) is 0 Å². The maximum atomic E-state index is 10.8. The summed E-state index contributed by atoms with van der Waals surface area (Å²) in [5, 5.41) is 8.86. The Labute approximate surface area is 97.6 Å². The van der Waals surface area contributed by atoms with Gasteiger partial charge in [0.1, 0.15) is 12.4 Å². The van der Waals surface area contributed by atoms with Crippen LogP contribution in [-0.2, 0) is 0 Å². The van der Waals surface area contributed by atoms with Gasteiger partial charge in [-0.1, -0.05) is 23.8 Å². The minimum atomic E-state index is -0.950. The number of fused-ring (bicyclic) bond motifs is 1. The van der Waals surface area contributed by atoms with E-state index in [4.69, 9.17) is 21.4 Å². The zero-order chi connectivity index (χ0) is 11.5. The normalized spacial score (nSPS) is 16.4. The van der Waals surface area contributed by atoms with Crippen molar-refractivity contribution >= 4 is 23.6 Å². The molecule has 1 aliphatic rings. The maximum Gasteiger partial charge on any atom is 0.335 e. The average Bonchev–Trinajstić information content (AvgIpc) is 2.50. The highest BCUT2D eigenvalue weighted by Gasteiger charge is 2.10. The minimum Gasteiger partial charge on any atom is -0.488 e. The Bertz CT molecular complexity index is 489. The van der Waals surface area contributed by atoms with Crippen molar-refractivity contribution in [2.24, 2.45) is 0 Å². The van der Waals surface area contributed by atoms with Crippen molar-refractivity contribution in [3.8, 4) is 5.75 Å². The van der Waals surface area contributed by atoms with Crippen LogP contribution in [0.15, 0.2) is 35.4 Å². The van der Waals surface area contributed by atoms with E-state index in [-0.39, 0.29) is 5.56 Å². The molecule has 16 heavy (non-hydrogen) atoms. The quantitative estimate of drug-likeness (QED) is 0.816. The lowest BCUT2D eigenvalue weighted by Gasteiger charge is -2.06. The summed E-state index contributed by atoms with van der Waals surface area (Å²) >= 11 is 5.59. The van der Waals surface area contributed by atoms with E-state index in [1.807, 2.05) is 6.08 Å². The van der Waals surface area contributed by atoms with E-state index in [0.29, 0.717) is 12.4 Å². The Morgan fingerprint density at radius 2 is 2.25 bits per heavy atom. The number of ether oxygens (including phenoxy) is 1. The molecule has 0 unspecified atom stereocenters. The van der Waals surface area contributed by atoms with Crippen LogP contribution in [0, 0.1) is 0 Å². The standard InChI is InChI=1S/C12H9ClO3/c13-6-8-1-2-9-5-10(12(14)15)3-4-11(9)16-7-8/h1-6H,7H2,(H,14,15)/b8-6-. The molecule has 1 aromatic rings. The zero-order valence-electron chi connectivity index (χ0n) is 8.31. The molecule has 4 heteroatoms. The van der Waals surface area contributed by atoms with E-state index in [1.54, 1.807) is 18.2 Å². The molecule has 0 bridgehead atoms. The van der Waals surface area contributed by atoms with Crippen molar-refractivity contribution in [1.29, 1.82) is 0 Å². The van der Waals surface area contributed by atoms with Crippen LogP contribution in [0.5, 0.6) is 5.75 Å². The number of carboxylic acids is 1. The molecule has 1 aromatic carbocycles. The smallest absolute Gasteiger partial charge is 0.335 e. The van der Waals surface area contributed by atoms with Crippen molar-refractivity contribution in [1.82, 2.24) is 0 Å². The first-order valence-corrected chi connectivity index (χ1v) is 5.12. The van der Waals surface area contributed by atoms with Crippen LogP contribution in [0.1, 0.15) is 15.9 Å². The molecule has 1 aliphatic heterocycles. The number of benzene rings is 1. The monoisotopic (exact) mass is 236 g/mol. The molecule has 0 amide bonds. The van der Waals surface area contributed by atoms with E-state index in [1.165, 1.54) is 11.6 Å². The van der Waals surface area contributed by atoms with Crippen LogP contribution in [-0.4, -0.2) is 17.7 Å². The topological polar surface area (TPSA) is 46.5 Å². The Balaban J connectivity index is 2.43. The zero-order valence-corrected chi connectivity index (χ0v) is 9.07. The largest absolute Gasteiger partial charge is 0.488 e. The Hall–Kier alpha value is -1.74. The third kappa shape index (κ3) is 2.09. The van der Waals surface area contributed by atoms with Crippen LogP contribution in [0.3, 0.4) is 0 Å². The van der Waals surface area contributed by atoms with E-state index in [9.17, 15) is 4.79 Å². The molecule has 0 saturated carbocycles. The van der Waals surface area contributed by atoms with Gasteiger partial charge in [-0.3, -0.25) is 0 Å². The molecular formula is C12H9ClO3. The molecule has 0 fully saturated rings. The van der Waals surface area contributed by atoms with Gasteiger partial charge < -0.3 is 9.84 Å². The summed E-state index contributed by atoms with van der Waals surface area (Å²) in [6.07, 6.45) is 3.60. The van der Waals surface area contributed by atoms with E-state index in [0.717, 1.165) is 11.1 Å². The molecule has 1 N–H and O–H groups in total. The molecule has 0 atom stereocenters. The van der Waals surface area contributed by atoms with E-state index < -0.39 is 5.97 Å². The second kappa shape index (κ2) is 4.41. The van der Waals surface area contributed by atoms with E-state index in [2.05, 4.69) is 0 Å². The number of aromatic carboxylic acids is 1. The molecule has 82 valence electrons.